The number of para-hydroxylation sites is 1. The number of pyridine rings is 1. The Bertz CT molecular complexity index is 626. The van der Waals surface area contributed by atoms with Crippen LogP contribution in [-0.2, 0) is 6.61 Å². The van der Waals surface area contributed by atoms with Crippen LogP contribution in [0.5, 0.6) is 5.88 Å². The summed E-state index contributed by atoms with van der Waals surface area (Å²) in [5.74, 6) is 2.12. The molecule has 2 aromatic rings. The number of rotatable bonds is 3. The minimum atomic E-state index is 0.0114. The van der Waals surface area contributed by atoms with Gasteiger partial charge < -0.3 is 9.84 Å². The van der Waals surface area contributed by atoms with Crippen LogP contribution in [0.25, 0.3) is 10.9 Å². The van der Waals surface area contributed by atoms with Gasteiger partial charge >= 0.3 is 0 Å². The molecule has 0 saturated heterocycles. The van der Waals surface area contributed by atoms with Gasteiger partial charge in [0.1, 0.15) is 6.10 Å². The Morgan fingerprint density at radius 2 is 2.00 bits per heavy atom. The lowest BCUT2D eigenvalue weighted by Crippen LogP contribution is -2.29. The van der Waals surface area contributed by atoms with Gasteiger partial charge in [-0.05, 0) is 42.7 Å². The Balaban J connectivity index is 1.84. The molecule has 1 N–H and O–H groups in total. The molecule has 1 aliphatic rings. The first kappa shape index (κ1) is 14.3. The number of hydrogen-bond donors (Lipinski definition) is 1. The quantitative estimate of drug-likeness (QED) is 0.929. The third-order valence-electron chi connectivity index (χ3n) is 4.79. The molecule has 21 heavy (non-hydrogen) atoms. The van der Waals surface area contributed by atoms with E-state index in [1.54, 1.807) is 0 Å². The highest BCUT2D eigenvalue weighted by Crippen LogP contribution is 2.32. The lowest BCUT2D eigenvalue weighted by Gasteiger charge is -2.32. The number of fused-ring (bicyclic) bond motifs is 1. The second-order valence-corrected chi connectivity index (χ2v) is 6.30. The standard InChI is InChI=1S/C18H23NO2/c1-12-7-8-15(9-13(12)2)21-18-10-14(11-20)16-5-3-4-6-17(16)19-18/h3-6,10,12-13,15,20H,7-9,11H2,1-2H3. The van der Waals surface area contributed by atoms with E-state index < -0.39 is 0 Å². The Labute approximate surface area is 126 Å². The number of aromatic nitrogens is 1. The van der Waals surface area contributed by atoms with Crippen molar-refractivity contribution in [3.05, 3.63) is 35.9 Å². The Morgan fingerprint density at radius 1 is 1.19 bits per heavy atom. The number of aliphatic hydroxyl groups is 1. The molecule has 112 valence electrons. The first-order chi connectivity index (χ1) is 10.2. The number of aliphatic hydroxyl groups excluding tert-OH is 1. The summed E-state index contributed by atoms with van der Waals surface area (Å²) in [5.41, 5.74) is 1.77. The normalized spacial score (nSPS) is 26.0. The Hall–Kier alpha value is -1.61. The fourth-order valence-electron chi connectivity index (χ4n) is 3.19. The summed E-state index contributed by atoms with van der Waals surface area (Å²) in [6, 6.07) is 9.76. The summed E-state index contributed by atoms with van der Waals surface area (Å²) in [7, 11) is 0. The van der Waals surface area contributed by atoms with E-state index >= 15 is 0 Å². The molecule has 3 rings (SSSR count). The average molecular weight is 285 g/mol. The monoisotopic (exact) mass is 285 g/mol. The SMILES string of the molecule is CC1CCC(Oc2cc(CO)c3ccccc3n2)CC1C. The summed E-state index contributed by atoms with van der Waals surface area (Å²) >= 11 is 0. The van der Waals surface area contributed by atoms with E-state index in [0.29, 0.717) is 11.8 Å². The van der Waals surface area contributed by atoms with Gasteiger partial charge in [0.05, 0.1) is 12.1 Å². The van der Waals surface area contributed by atoms with Crippen molar-refractivity contribution in [3.63, 3.8) is 0 Å². The van der Waals surface area contributed by atoms with Crippen LogP contribution < -0.4 is 4.74 Å². The van der Waals surface area contributed by atoms with Gasteiger partial charge in [0.25, 0.3) is 0 Å². The van der Waals surface area contributed by atoms with Gasteiger partial charge in [-0.25, -0.2) is 4.98 Å². The summed E-state index contributed by atoms with van der Waals surface area (Å²) < 4.78 is 6.10. The van der Waals surface area contributed by atoms with E-state index in [4.69, 9.17) is 4.74 Å². The van der Waals surface area contributed by atoms with Crippen LogP contribution >= 0.6 is 0 Å². The first-order valence-corrected chi connectivity index (χ1v) is 7.83. The highest BCUT2D eigenvalue weighted by molar-refractivity contribution is 5.82. The molecule has 0 bridgehead atoms. The van der Waals surface area contributed by atoms with Gasteiger partial charge in [0.15, 0.2) is 0 Å². The number of ether oxygens (including phenoxy) is 1. The molecule has 1 aromatic heterocycles. The van der Waals surface area contributed by atoms with Crippen molar-refractivity contribution in [2.24, 2.45) is 11.8 Å². The smallest absolute Gasteiger partial charge is 0.214 e. The lowest BCUT2D eigenvalue weighted by molar-refractivity contribution is 0.0966. The molecule has 3 nitrogen and oxygen atoms in total. The molecule has 1 fully saturated rings. The summed E-state index contributed by atoms with van der Waals surface area (Å²) in [4.78, 5) is 4.59. The molecule has 1 saturated carbocycles. The average Bonchev–Trinajstić information content (AvgIpc) is 2.50. The molecular weight excluding hydrogens is 262 g/mol. The van der Waals surface area contributed by atoms with Crippen molar-refractivity contribution in [1.29, 1.82) is 0 Å². The predicted molar refractivity (Wildman–Crippen MR) is 84.3 cm³/mol. The van der Waals surface area contributed by atoms with Crippen LogP contribution in [0.1, 0.15) is 38.7 Å². The Kier molecular flexibility index (Phi) is 4.11. The topological polar surface area (TPSA) is 42.4 Å². The van der Waals surface area contributed by atoms with Gasteiger partial charge in [-0.2, -0.15) is 0 Å². The third kappa shape index (κ3) is 3.03. The van der Waals surface area contributed by atoms with Gasteiger partial charge in [0.2, 0.25) is 5.88 Å². The molecule has 0 aliphatic heterocycles. The molecule has 3 atom stereocenters. The highest BCUT2D eigenvalue weighted by Gasteiger charge is 2.26. The minimum absolute atomic E-state index is 0.0114. The van der Waals surface area contributed by atoms with Crippen molar-refractivity contribution >= 4 is 10.9 Å². The molecular formula is C18H23NO2. The molecule has 1 aliphatic carbocycles. The number of hydrogen-bond acceptors (Lipinski definition) is 3. The van der Waals surface area contributed by atoms with Crippen molar-refractivity contribution < 1.29 is 9.84 Å². The molecule has 0 amide bonds. The van der Waals surface area contributed by atoms with Crippen LogP contribution in [0.15, 0.2) is 30.3 Å². The van der Waals surface area contributed by atoms with Crippen LogP contribution in [0.3, 0.4) is 0 Å². The fourth-order valence-corrected chi connectivity index (χ4v) is 3.19. The van der Waals surface area contributed by atoms with Crippen molar-refractivity contribution in [3.8, 4) is 5.88 Å². The summed E-state index contributed by atoms with van der Waals surface area (Å²) in [6.45, 7) is 4.63. The van der Waals surface area contributed by atoms with E-state index in [9.17, 15) is 5.11 Å². The maximum absolute atomic E-state index is 9.56. The summed E-state index contributed by atoms with van der Waals surface area (Å²) in [6.07, 6.45) is 3.64. The number of benzene rings is 1. The molecule has 0 spiro atoms. The highest BCUT2D eigenvalue weighted by atomic mass is 16.5. The van der Waals surface area contributed by atoms with Gasteiger partial charge in [0, 0.05) is 11.5 Å². The second-order valence-electron chi connectivity index (χ2n) is 6.30. The molecule has 3 unspecified atom stereocenters. The molecule has 1 heterocycles. The number of nitrogens with zero attached hydrogens (tertiary/aromatic N) is 1. The third-order valence-corrected chi connectivity index (χ3v) is 4.79. The zero-order chi connectivity index (χ0) is 14.8. The van der Waals surface area contributed by atoms with Crippen LogP contribution in [0.2, 0.25) is 0 Å². The van der Waals surface area contributed by atoms with Crippen molar-refractivity contribution in [1.82, 2.24) is 4.98 Å². The summed E-state index contributed by atoms with van der Waals surface area (Å²) in [5, 5.41) is 10.6. The molecule has 1 aromatic carbocycles. The van der Waals surface area contributed by atoms with Gasteiger partial charge in [-0.1, -0.05) is 32.0 Å². The van der Waals surface area contributed by atoms with E-state index in [0.717, 1.165) is 35.2 Å². The molecule has 3 heteroatoms. The zero-order valence-electron chi connectivity index (χ0n) is 12.7. The Morgan fingerprint density at radius 3 is 2.76 bits per heavy atom. The van der Waals surface area contributed by atoms with E-state index in [2.05, 4.69) is 18.8 Å². The lowest BCUT2D eigenvalue weighted by atomic mass is 9.80. The fraction of sp³-hybridized carbons (Fsp3) is 0.500. The molecule has 0 radical (unpaired) electrons. The largest absolute Gasteiger partial charge is 0.474 e. The zero-order valence-corrected chi connectivity index (χ0v) is 12.7. The maximum atomic E-state index is 9.56. The van der Waals surface area contributed by atoms with Crippen molar-refractivity contribution in [2.45, 2.75) is 45.8 Å². The maximum Gasteiger partial charge on any atom is 0.214 e. The van der Waals surface area contributed by atoms with E-state index in [1.807, 2.05) is 30.3 Å². The second kappa shape index (κ2) is 6.02. The predicted octanol–water partition coefficient (Wildman–Crippen LogP) is 3.93. The van der Waals surface area contributed by atoms with Crippen molar-refractivity contribution in [2.75, 3.05) is 0 Å². The minimum Gasteiger partial charge on any atom is -0.474 e. The van der Waals surface area contributed by atoms with E-state index in [1.165, 1.54) is 6.42 Å². The van der Waals surface area contributed by atoms with Crippen LogP contribution in [0.4, 0.5) is 0 Å². The van der Waals surface area contributed by atoms with Gasteiger partial charge in [-0.15, -0.1) is 0 Å². The van der Waals surface area contributed by atoms with Gasteiger partial charge in [-0.3, -0.25) is 0 Å². The van der Waals surface area contributed by atoms with Crippen LogP contribution in [-0.4, -0.2) is 16.2 Å². The van der Waals surface area contributed by atoms with Crippen LogP contribution in [0, 0.1) is 11.8 Å². The first-order valence-electron chi connectivity index (χ1n) is 7.83. The van der Waals surface area contributed by atoms with E-state index in [-0.39, 0.29) is 12.7 Å².